The maximum Gasteiger partial charge on any atom is 0.175 e. The fourth-order valence-electron chi connectivity index (χ4n) is 3.74. The zero-order valence-corrected chi connectivity index (χ0v) is 21.2. The largest absolute Gasteiger partial charge is 0.493 e. The summed E-state index contributed by atoms with van der Waals surface area (Å²) in [5.41, 5.74) is 5.41. The first-order valence-corrected chi connectivity index (χ1v) is 12.1. The lowest BCUT2D eigenvalue weighted by Gasteiger charge is -2.29. The van der Waals surface area contributed by atoms with Crippen LogP contribution in [-0.2, 0) is 17.9 Å². The lowest BCUT2D eigenvalue weighted by molar-refractivity contribution is 0.122. The Kier molecular flexibility index (Phi) is 8.02. The summed E-state index contributed by atoms with van der Waals surface area (Å²) in [4.78, 5) is 2.26. The smallest absolute Gasteiger partial charge is 0.175 e. The van der Waals surface area contributed by atoms with Gasteiger partial charge in [-0.25, -0.2) is 0 Å². The highest BCUT2D eigenvalue weighted by molar-refractivity contribution is 9.10. The zero-order chi connectivity index (χ0) is 23.2. The fraction of sp³-hybridized carbons (Fsp3) is 0.308. The molecule has 5 nitrogen and oxygen atoms in total. The van der Waals surface area contributed by atoms with Gasteiger partial charge in [0.25, 0.3) is 0 Å². The molecular formula is C26H28BrClN2O3. The Bertz CT molecular complexity index is 1090. The third-order valence-electron chi connectivity index (χ3n) is 5.59. The summed E-state index contributed by atoms with van der Waals surface area (Å²) in [7, 11) is 1.65. The van der Waals surface area contributed by atoms with E-state index in [2.05, 4.69) is 69.5 Å². The predicted molar refractivity (Wildman–Crippen MR) is 138 cm³/mol. The van der Waals surface area contributed by atoms with Gasteiger partial charge in [0.05, 0.1) is 35.5 Å². The molecule has 1 saturated heterocycles. The number of nitrogens with zero attached hydrogens (tertiary/aromatic N) is 1. The van der Waals surface area contributed by atoms with Gasteiger partial charge in [0.1, 0.15) is 6.61 Å². The van der Waals surface area contributed by atoms with Crippen molar-refractivity contribution in [2.24, 2.45) is 0 Å². The summed E-state index contributed by atoms with van der Waals surface area (Å²) < 4.78 is 18.0. The lowest BCUT2D eigenvalue weighted by atomic mass is 10.1. The van der Waals surface area contributed by atoms with Gasteiger partial charge >= 0.3 is 0 Å². The molecule has 0 unspecified atom stereocenters. The van der Waals surface area contributed by atoms with Crippen LogP contribution < -0.4 is 19.7 Å². The van der Waals surface area contributed by atoms with Gasteiger partial charge in [-0.2, -0.15) is 0 Å². The van der Waals surface area contributed by atoms with Gasteiger partial charge in [0, 0.05) is 25.3 Å². The van der Waals surface area contributed by atoms with Crippen LogP contribution in [0.2, 0.25) is 5.02 Å². The third kappa shape index (κ3) is 6.14. The molecule has 3 aromatic rings. The summed E-state index contributed by atoms with van der Waals surface area (Å²) in [6.07, 6.45) is 0. The molecule has 0 radical (unpaired) electrons. The highest BCUT2D eigenvalue weighted by atomic mass is 79.9. The van der Waals surface area contributed by atoms with Crippen LogP contribution in [0.3, 0.4) is 0 Å². The molecule has 0 aliphatic carbocycles. The molecule has 0 saturated carbocycles. The maximum atomic E-state index is 6.57. The fourth-order valence-corrected chi connectivity index (χ4v) is 4.64. The van der Waals surface area contributed by atoms with Gasteiger partial charge in [-0.1, -0.05) is 41.4 Å². The van der Waals surface area contributed by atoms with E-state index in [9.17, 15) is 0 Å². The standard InChI is InChI=1S/C26H28BrClN2O3/c1-18-3-5-19(6-4-18)17-33-26-22(27)13-20(14-25(26)31-2)16-29-21-7-8-24(23(28)15-21)30-9-11-32-12-10-30/h3-8,13-15,29H,9-12,16-17H2,1-2H3. The van der Waals surface area contributed by atoms with Crippen molar-refractivity contribution >= 4 is 38.9 Å². The Balaban J connectivity index is 1.41. The number of benzene rings is 3. The van der Waals surface area contributed by atoms with Crippen molar-refractivity contribution in [2.75, 3.05) is 43.6 Å². The van der Waals surface area contributed by atoms with Crippen LogP contribution in [0.1, 0.15) is 16.7 Å². The van der Waals surface area contributed by atoms with Crippen molar-refractivity contribution in [3.05, 3.63) is 80.8 Å². The monoisotopic (exact) mass is 530 g/mol. The lowest BCUT2D eigenvalue weighted by Crippen LogP contribution is -2.36. The molecule has 0 spiro atoms. The van der Waals surface area contributed by atoms with Gasteiger partial charge < -0.3 is 24.4 Å². The number of methoxy groups -OCH3 is 1. The number of ether oxygens (including phenoxy) is 3. The molecule has 0 atom stereocenters. The first-order chi connectivity index (χ1) is 16.0. The molecule has 4 rings (SSSR count). The number of hydrogen-bond acceptors (Lipinski definition) is 5. The summed E-state index contributed by atoms with van der Waals surface area (Å²) in [6.45, 7) is 6.36. The topological polar surface area (TPSA) is 43.0 Å². The molecule has 33 heavy (non-hydrogen) atoms. The number of morpholine rings is 1. The molecular weight excluding hydrogens is 504 g/mol. The van der Waals surface area contributed by atoms with Crippen molar-refractivity contribution in [1.82, 2.24) is 0 Å². The summed E-state index contributed by atoms with van der Waals surface area (Å²) >= 11 is 10.2. The van der Waals surface area contributed by atoms with E-state index in [-0.39, 0.29) is 0 Å². The molecule has 0 bridgehead atoms. The second-order valence-corrected chi connectivity index (χ2v) is 9.26. The second kappa shape index (κ2) is 11.1. The molecule has 174 valence electrons. The van der Waals surface area contributed by atoms with Crippen molar-refractivity contribution in [3.63, 3.8) is 0 Å². The predicted octanol–water partition coefficient (Wildman–Crippen LogP) is 6.45. The Labute approximate surface area is 208 Å². The van der Waals surface area contributed by atoms with Crippen LogP contribution in [0.4, 0.5) is 11.4 Å². The highest BCUT2D eigenvalue weighted by Crippen LogP contribution is 2.37. The molecule has 1 fully saturated rings. The number of nitrogens with one attached hydrogen (secondary N) is 1. The minimum absolute atomic E-state index is 0.473. The average Bonchev–Trinajstić information content (AvgIpc) is 2.83. The van der Waals surface area contributed by atoms with Gasteiger partial charge in [-0.05, 0) is 64.3 Å². The minimum Gasteiger partial charge on any atom is -0.493 e. The quantitative estimate of drug-likeness (QED) is 0.362. The van der Waals surface area contributed by atoms with Crippen LogP contribution in [0.15, 0.2) is 59.1 Å². The third-order valence-corrected chi connectivity index (χ3v) is 6.48. The van der Waals surface area contributed by atoms with Crippen LogP contribution >= 0.6 is 27.5 Å². The van der Waals surface area contributed by atoms with E-state index in [0.29, 0.717) is 24.7 Å². The molecule has 1 aliphatic heterocycles. The molecule has 0 aromatic heterocycles. The molecule has 1 heterocycles. The van der Waals surface area contributed by atoms with Crippen molar-refractivity contribution < 1.29 is 14.2 Å². The number of aryl methyl sites for hydroxylation is 1. The normalized spacial score (nSPS) is 13.6. The number of halogens is 2. The van der Waals surface area contributed by atoms with Gasteiger partial charge in [-0.15, -0.1) is 0 Å². The Morgan fingerprint density at radius 1 is 1.03 bits per heavy atom. The summed E-state index contributed by atoms with van der Waals surface area (Å²) in [6, 6.07) is 18.4. The van der Waals surface area contributed by atoms with E-state index in [1.165, 1.54) is 5.56 Å². The molecule has 7 heteroatoms. The summed E-state index contributed by atoms with van der Waals surface area (Å²) in [5, 5.41) is 4.18. The molecule has 1 aliphatic rings. The number of anilines is 2. The molecule has 0 amide bonds. The maximum absolute atomic E-state index is 6.57. The van der Waals surface area contributed by atoms with Crippen LogP contribution in [0, 0.1) is 6.92 Å². The Morgan fingerprint density at radius 3 is 2.48 bits per heavy atom. The Morgan fingerprint density at radius 2 is 1.79 bits per heavy atom. The van der Waals surface area contributed by atoms with Crippen LogP contribution in [0.5, 0.6) is 11.5 Å². The van der Waals surface area contributed by atoms with Crippen molar-refractivity contribution in [1.29, 1.82) is 0 Å². The van der Waals surface area contributed by atoms with E-state index in [1.54, 1.807) is 7.11 Å². The Hall–Kier alpha value is -2.41. The molecule has 3 aromatic carbocycles. The summed E-state index contributed by atoms with van der Waals surface area (Å²) in [5.74, 6) is 1.38. The van der Waals surface area contributed by atoms with Crippen LogP contribution in [-0.4, -0.2) is 33.4 Å². The number of rotatable bonds is 8. The highest BCUT2D eigenvalue weighted by Gasteiger charge is 2.15. The van der Waals surface area contributed by atoms with E-state index in [0.717, 1.165) is 58.3 Å². The SMILES string of the molecule is COc1cc(CNc2ccc(N3CCOCC3)c(Cl)c2)cc(Br)c1OCc1ccc(C)cc1. The van der Waals surface area contributed by atoms with Gasteiger partial charge in [0.15, 0.2) is 11.5 Å². The van der Waals surface area contributed by atoms with E-state index in [4.69, 9.17) is 25.8 Å². The van der Waals surface area contributed by atoms with Gasteiger partial charge in [-0.3, -0.25) is 0 Å². The second-order valence-electron chi connectivity index (χ2n) is 8.00. The van der Waals surface area contributed by atoms with Crippen molar-refractivity contribution in [3.8, 4) is 11.5 Å². The molecule has 1 N–H and O–H groups in total. The van der Waals surface area contributed by atoms with E-state index in [1.807, 2.05) is 18.2 Å². The number of hydrogen-bond donors (Lipinski definition) is 1. The van der Waals surface area contributed by atoms with Gasteiger partial charge in [0.2, 0.25) is 0 Å². The van der Waals surface area contributed by atoms with Crippen molar-refractivity contribution in [2.45, 2.75) is 20.1 Å². The van der Waals surface area contributed by atoms with E-state index >= 15 is 0 Å². The average molecular weight is 532 g/mol. The minimum atomic E-state index is 0.473. The zero-order valence-electron chi connectivity index (χ0n) is 18.9. The first kappa shape index (κ1) is 23.7. The van der Waals surface area contributed by atoms with Crippen LogP contribution in [0.25, 0.3) is 0 Å². The first-order valence-electron chi connectivity index (χ1n) is 10.9. The van der Waals surface area contributed by atoms with E-state index < -0.39 is 0 Å².